The SMILES string of the molecule is NCCNC(=O)c1ccccc1-c1cccc(CN(CCc2c[nH]c3ccccc23)C(=O)CCc2c[nH]c3ccccc23)c1. The Labute approximate surface area is 257 Å². The van der Waals surface area contributed by atoms with Gasteiger partial charge < -0.3 is 25.9 Å². The van der Waals surface area contributed by atoms with Crippen LogP contribution >= 0.6 is 0 Å². The zero-order valence-corrected chi connectivity index (χ0v) is 24.7. The number of hydrogen-bond donors (Lipinski definition) is 4. The number of nitrogens with two attached hydrogens (primary N) is 1. The van der Waals surface area contributed by atoms with Crippen LogP contribution in [0.4, 0.5) is 0 Å². The zero-order valence-electron chi connectivity index (χ0n) is 24.7. The van der Waals surface area contributed by atoms with Crippen molar-refractivity contribution < 1.29 is 9.59 Å². The Morgan fingerprint density at radius 3 is 2.14 bits per heavy atom. The maximum atomic E-state index is 13.8. The lowest BCUT2D eigenvalue weighted by atomic mass is 9.97. The number of H-pyrrole nitrogens is 2. The quantitative estimate of drug-likeness (QED) is 0.138. The second-order valence-corrected chi connectivity index (χ2v) is 11.1. The molecule has 5 N–H and O–H groups in total. The molecule has 0 radical (unpaired) electrons. The molecule has 0 aliphatic rings. The first kappa shape index (κ1) is 29.0. The summed E-state index contributed by atoms with van der Waals surface area (Å²) >= 11 is 0. The van der Waals surface area contributed by atoms with Crippen molar-refractivity contribution in [3.8, 4) is 11.1 Å². The minimum absolute atomic E-state index is 0.113. The van der Waals surface area contributed by atoms with E-state index >= 15 is 0 Å². The second-order valence-electron chi connectivity index (χ2n) is 11.1. The predicted molar refractivity (Wildman–Crippen MR) is 177 cm³/mol. The number of fused-ring (bicyclic) bond motifs is 2. The van der Waals surface area contributed by atoms with Gasteiger partial charge in [0.1, 0.15) is 0 Å². The summed E-state index contributed by atoms with van der Waals surface area (Å²) in [5.74, 6) is -0.0358. The highest BCUT2D eigenvalue weighted by molar-refractivity contribution is 6.01. The number of aromatic amines is 2. The standard InChI is InChI=1S/C37H37N5O2/c38-19-20-39-37(44)33-13-2-1-10-30(33)27-9-7-8-26(22-27)25-42(21-18-29-24-41-35-15-6-4-12-32(29)35)36(43)17-16-28-23-40-34-14-5-3-11-31(28)34/h1-15,22-24,40-41H,16-21,25,38H2,(H,39,44). The maximum Gasteiger partial charge on any atom is 0.251 e. The Morgan fingerprint density at radius 1 is 0.750 bits per heavy atom. The number of benzene rings is 4. The molecule has 222 valence electrons. The molecule has 0 saturated heterocycles. The molecule has 0 spiro atoms. The van der Waals surface area contributed by atoms with Gasteiger partial charge >= 0.3 is 0 Å². The van der Waals surface area contributed by atoms with Crippen molar-refractivity contribution in [2.45, 2.75) is 25.8 Å². The molecule has 0 aliphatic heterocycles. The topological polar surface area (TPSA) is 107 Å². The van der Waals surface area contributed by atoms with Gasteiger partial charge in [-0.25, -0.2) is 0 Å². The van der Waals surface area contributed by atoms with E-state index < -0.39 is 0 Å². The largest absolute Gasteiger partial charge is 0.361 e. The van der Waals surface area contributed by atoms with Gasteiger partial charge in [-0.05, 0) is 64.9 Å². The van der Waals surface area contributed by atoms with Crippen LogP contribution in [-0.4, -0.2) is 46.3 Å². The summed E-state index contributed by atoms with van der Waals surface area (Å²) < 4.78 is 0. The highest BCUT2D eigenvalue weighted by Gasteiger charge is 2.18. The lowest BCUT2D eigenvalue weighted by molar-refractivity contribution is -0.131. The Bertz CT molecular complexity index is 1900. The smallest absolute Gasteiger partial charge is 0.251 e. The highest BCUT2D eigenvalue weighted by Crippen LogP contribution is 2.26. The third-order valence-corrected chi connectivity index (χ3v) is 8.17. The monoisotopic (exact) mass is 583 g/mol. The highest BCUT2D eigenvalue weighted by atomic mass is 16.2. The van der Waals surface area contributed by atoms with Gasteiger partial charge in [0, 0.05) is 72.4 Å². The van der Waals surface area contributed by atoms with E-state index in [1.165, 1.54) is 10.9 Å². The lowest BCUT2D eigenvalue weighted by Gasteiger charge is -2.23. The molecule has 0 aliphatic carbocycles. The van der Waals surface area contributed by atoms with Gasteiger partial charge in [0.05, 0.1) is 0 Å². The van der Waals surface area contributed by atoms with E-state index in [0.29, 0.717) is 44.6 Å². The van der Waals surface area contributed by atoms with E-state index in [1.807, 2.05) is 84.0 Å². The summed E-state index contributed by atoms with van der Waals surface area (Å²) in [6.45, 7) is 1.87. The molecule has 44 heavy (non-hydrogen) atoms. The molecule has 6 aromatic rings. The van der Waals surface area contributed by atoms with Crippen LogP contribution in [0.15, 0.2) is 109 Å². The number of rotatable bonds is 12. The van der Waals surface area contributed by atoms with Crippen LogP contribution in [0.2, 0.25) is 0 Å². The van der Waals surface area contributed by atoms with Crippen LogP contribution in [0.3, 0.4) is 0 Å². The van der Waals surface area contributed by atoms with E-state index in [4.69, 9.17) is 5.73 Å². The molecule has 2 aromatic heterocycles. The Balaban J connectivity index is 1.24. The number of aromatic nitrogens is 2. The summed E-state index contributed by atoms with van der Waals surface area (Å²) in [4.78, 5) is 35.4. The van der Waals surface area contributed by atoms with E-state index in [2.05, 4.69) is 45.6 Å². The summed E-state index contributed by atoms with van der Waals surface area (Å²) in [6.07, 6.45) is 5.88. The van der Waals surface area contributed by atoms with Crippen LogP contribution in [0.1, 0.15) is 33.5 Å². The molecule has 0 saturated carbocycles. The Hall–Kier alpha value is -5.14. The first-order chi connectivity index (χ1) is 21.6. The van der Waals surface area contributed by atoms with E-state index in [-0.39, 0.29) is 11.8 Å². The molecular formula is C37H37N5O2. The van der Waals surface area contributed by atoms with Crippen molar-refractivity contribution in [3.63, 3.8) is 0 Å². The molecule has 0 bridgehead atoms. The summed E-state index contributed by atoms with van der Waals surface area (Å²) in [5, 5.41) is 5.22. The molecular weight excluding hydrogens is 546 g/mol. The van der Waals surface area contributed by atoms with Crippen LogP contribution in [0.25, 0.3) is 32.9 Å². The number of carbonyl (C=O) groups is 2. The molecule has 0 fully saturated rings. The van der Waals surface area contributed by atoms with Crippen molar-refractivity contribution in [1.82, 2.24) is 20.2 Å². The molecule has 6 rings (SSSR count). The van der Waals surface area contributed by atoms with Gasteiger partial charge in [0.2, 0.25) is 5.91 Å². The number of amides is 2. The first-order valence-corrected chi connectivity index (χ1v) is 15.1. The predicted octanol–water partition coefficient (Wildman–Crippen LogP) is 6.21. The van der Waals surface area contributed by atoms with Crippen molar-refractivity contribution in [2.24, 2.45) is 5.73 Å². The second kappa shape index (κ2) is 13.4. The third-order valence-electron chi connectivity index (χ3n) is 8.17. The average Bonchev–Trinajstić information content (AvgIpc) is 3.68. The first-order valence-electron chi connectivity index (χ1n) is 15.1. The fraction of sp³-hybridized carbons (Fsp3) is 0.189. The fourth-order valence-corrected chi connectivity index (χ4v) is 5.90. The average molecular weight is 584 g/mol. The van der Waals surface area contributed by atoms with Crippen LogP contribution in [0.5, 0.6) is 0 Å². The summed E-state index contributed by atoms with van der Waals surface area (Å²) in [7, 11) is 0. The molecule has 2 heterocycles. The van der Waals surface area contributed by atoms with Gasteiger partial charge in [-0.15, -0.1) is 0 Å². The van der Waals surface area contributed by atoms with Crippen molar-refractivity contribution in [2.75, 3.05) is 19.6 Å². The Kier molecular flexibility index (Phi) is 8.85. The Morgan fingerprint density at radius 2 is 1.41 bits per heavy atom. The number of hydrogen-bond acceptors (Lipinski definition) is 3. The molecule has 0 unspecified atom stereocenters. The zero-order chi connectivity index (χ0) is 30.3. The van der Waals surface area contributed by atoms with Gasteiger partial charge in [-0.2, -0.15) is 0 Å². The minimum Gasteiger partial charge on any atom is -0.361 e. The van der Waals surface area contributed by atoms with E-state index in [0.717, 1.165) is 45.1 Å². The van der Waals surface area contributed by atoms with Gasteiger partial charge in [0.25, 0.3) is 5.91 Å². The van der Waals surface area contributed by atoms with Gasteiger partial charge in [-0.3, -0.25) is 9.59 Å². The van der Waals surface area contributed by atoms with Gasteiger partial charge in [-0.1, -0.05) is 72.8 Å². The fourth-order valence-electron chi connectivity index (χ4n) is 5.90. The summed E-state index contributed by atoms with van der Waals surface area (Å²) in [5.41, 5.74) is 13.5. The van der Waals surface area contributed by atoms with Crippen molar-refractivity contribution in [1.29, 1.82) is 0 Å². The number of carbonyl (C=O) groups excluding carboxylic acids is 2. The molecule has 7 heteroatoms. The molecule has 0 atom stereocenters. The van der Waals surface area contributed by atoms with Crippen molar-refractivity contribution in [3.05, 3.63) is 132 Å². The summed E-state index contributed by atoms with van der Waals surface area (Å²) in [6, 6.07) is 32.2. The van der Waals surface area contributed by atoms with Crippen LogP contribution < -0.4 is 11.1 Å². The van der Waals surface area contributed by atoms with E-state index in [9.17, 15) is 9.59 Å². The number of para-hydroxylation sites is 2. The maximum absolute atomic E-state index is 13.8. The van der Waals surface area contributed by atoms with Crippen molar-refractivity contribution >= 4 is 33.6 Å². The molecule has 4 aromatic carbocycles. The number of nitrogens with one attached hydrogen (secondary N) is 3. The van der Waals surface area contributed by atoms with Crippen LogP contribution in [-0.2, 0) is 24.2 Å². The third kappa shape index (κ3) is 6.43. The molecule has 7 nitrogen and oxygen atoms in total. The minimum atomic E-state index is -0.149. The lowest BCUT2D eigenvalue weighted by Crippen LogP contribution is -2.32. The van der Waals surface area contributed by atoms with Gasteiger partial charge in [0.15, 0.2) is 0 Å². The molecule has 2 amide bonds. The normalized spacial score (nSPS) is 11.2. The number of aryl methyl sites for hydroxylation is 1. The van der Waals surface area contributed by atoms with Crippen LogP contribution in [0, 0.1) is 0 Å². The number of nitrogens with zero attached hydrogens (tertiary/aromatic N) is 1. The van der Waals surface area contributed by atoms with E-state index in [1.54, 1.807) is 0 Å².